The topological polar surface area (TPSA) is 80.2 Å². The van der Waals surface area contributed by atoms with Gasteiger partial charge in [0, 0.05) is 18.8 Å². The lowest BCUT2D eigenvalue weighted by Crippen LogP contribution is -2.30. The Morgan fingerprint density at radius 2 is 1.88 bits per heavy atom. The summed E-state index contributed by atoms with van der Waals surface area (Å²) in [6.45, 7) is 2.37. The van der Waals surface area contributed by atoms with Gasteiger partial charge < -0.3 is 0 Å². The number of sulfone groups is 1. The predicted octanol–water partition coefficient (Wildman–Crippen LogP) is 5.18. The first-order valence-electron chi connectivity index (χ1n) is 10.9. The van der Waals surface area contributed by atoms with Crippen LogP contribution >= 0.6 is 11.3 Å². The molecule has 34 heavy (non-hydrogen) atoms. The second-order valence-electron chi connectivity index (χ2n) is 7.87. The number of benzene rings is 2. The van der Waals surface area contributed by atoms with Crippen molar-refractivity contribution in [2.75, 3.05) is 10.7 Å². The fraction of sp³-hybridized carbons (Fsp3) is 0.240. The molecule has 0 saturated heterocycles. The standard InChI is InChI=1S/C25H24FN3O3S2/c1-2-18-7-12-22-23(15-18)33-25(28-22)29(17-19-5-3-13-27-16-19)24(30)6-4-14-34(31,32)21-10-8-20(26)9-11-21/h3,5,7-13,15-16H,2,4,6,14,17H2,1H3. The molecule has 0 bridgehead atoms. The van der Waals surface area contributed by atoms with Gasteiger partial charge in [0.1, 0.15) is 5.82 Å². The number of fused-ring (bicyclic) bond motifs is 1. The molecule has 6 nitrogen and oxygen atoms in total. The van der Waals surface area contributed by atoms with E-state index in [1.54, 1.807) is 23.4 Å². The summed E-state index contributed by atoms with van der Waals surface area (Å²) < 4.78 is 39.3. The van der Waals surface area contributed by atoms with E-state index in [2.05, 4.69) is 23.0 Å². The maximum Gasteiger partial charge on any atom is 0.229 e. The highest BCUT2D eigenvalue weighted by Gasteiger charge is 2.22. The summed E-state index contributed by atoms with van der Waals surface area (Å²) in [5.41, 5.74) is 2.86. The molecule has 0 spiro atoms. The van der Waals surface area contributed by atoms with Crippen LogP contribution in [0.2, 0.25) is 0 Å². The van der Waals surface area contributed by atoms with Crippen LogP contribution in [0.4, 0.5) is 9.52 Å². The predicted molar refractivity (Wildman–Crippen MR) is 132 cm³/mol. The highest BCUT2D eigenvalue weighted by atomic mass is 32.2. The van der Waals surface area contributed by atoms with Gasteiger partial charge in [-0.25, -0.2) is 17.8 Å². The van der Waals surface area contributed by atoms with Gasteiger partial charge in [-0.05, 0) is 66.4 Å². The molecule has 2 aromatic heterocycles. The van der Waals surface area contributed by atoms with Gasteiger partial charge in [-0.3, -0.25) is 14.7 Å². The van der Waals surface area contributed by atoms with Crippen molar-refractivity contribution in [2.24, 2.45) is 0 Å². The van der Waals surface area contributed by atoms with Crippen LogP contribution in [-0.4, -0.2) is 30.0 Å². The van der Waals surface area contributed by atoms with Gasteiger partial charge >= 0.3 is 0 Å². The second kappa shape index (κ2) is 10.4. The molecule has 0 aliphatic heterocycles. The molecule has 2 heterocycles. The first-order valence-corrected chi connectivity index (χ1v) is 13.4. The molecule has 0 radical (unpaired) electrons. The van der Waals surface area contributed by atoms with Crippen LogP contribution in [0.3, 0.4) is 0 Å². The number of carbonyl (C=O) groups is 1. The zero-order chi connectivity index (χ0) is 24.1. The van der Waals surface area contributed by atoms with E-state index >= 15 is 0 Å². The third-order valence-electron chi connectivity index (χ3n) is 5.42. The van der Waals surface area contributed by atoms with Gasteiger partial charge in [-0.2, -0.15) is 0 Å². The number of halogens is 1. The summed E-state index contributed by atoms with van der Waals surface area (Å²) in [7, 11) is -3.61. The number of aryl methyl sites for hydroxylation is 1. The molecule has 176 valence electrons. The number of hydrogen-bond acceptors (Lipinski definition) is 6. The highest BCUT2D eigenvalue weighted by molar-refractivity contribution is 7.91. The SMILES string of the molecule is CCc1ccc2nc(N(Cc3cccnc3)C(=O)CCCS(=O)(=O)c3ccc(F)cc3)sc2c1. The Hall–Kier alpha value is -3.17. The molecule has 0 unspecified atom stereocenters. The minimum absolute atomic E-state index is 0.0385. The van der Waals surface area contributed by atoms with E-state index in [9.17, 15) is 17.6 Å². The molecule has 0 atom stereocenters. The van der Waals surface area contributed by atoms with E-state index in [0.29, 0.717) is 5.13 Å². The molecule has 0 N–H and O–H groups in total. The lowest BCUT2D eigenvalue weighted by atomic mass is 10.2. The normalized spacial score (nSPS) is 11.6. The smallest absolute Gasteiger partial charge is 0.229 e. The fourth-order valence-corrected chi connectivity index (χ4v) is 5.89. The summed E-state index contributed by atoms with van der Waals surface area (Å²) in [4.78, 5) is 23.7. The zero-order valence-electron chi connectivity index (χ0n) is 18.6. The molecule has 0 aliphatic carbocycles. The summed E-state index contributed by atoms with van der Waals surface area (Å²) >= 11 is 1.44. The van der Waals surface area contributed by atoms with Gasteiger partial charge in [0.15, 0.2) is 15.0 Å². The van der Waals surface area contributed by atoms with Crippen molar-refractivity contribution in [3.63, 3.8) is 0 Å². The average molecular weight is 498 g/mol. The van der Waals surface area contributed by atoms with Crippen LogP contribution in [0.1, 0.15) is 30.9 Å². The quantitative estimate of drug-likeness (QED) is 0.298. The monoisotopic (exact) mass is 497 g/mol. The third kappa shape index (κ3) is 5.66. The first kappa shape index (κ1) is 24.0. The van der Waals surface area contributed by atoms with Crippen molar-refractivity contribution in [3.05, 3.63) is 83.9 Å². The summed E-state index contributed by atoms with van der Waals surface area (Å²) in [5.74, 6) is -0.917. The Bertz CT molecular complexity index is 1390. The number of pyridine rings is 1. The van der Waals surface area contributed by atoms with Gasteiger partial charge in [-0.15, -0.1) is 0 Å². The Morgan fingerprint density at radius 1 is 1.09 bits per heavy atom. The van der Waals surface area contributed by atoms with E-state index in [-0.39, 0.29) is 35.9 Å². The zero-order valence-corrected chi connectivity index (χ0v) is 20.3. The average Bonchev–Trinajstić information content (AvgIpc) is 3.26. The number of nitrogens with zero attached hydrogens (tertiary/aromatic N) is 3. The van der Waals surface area contributed by atoms with E-state index in [4.69, 9.17) is 0 Å². The fourth-order valence-electron chi connectivity index (χ4n) is 3.54. The van der Waals surface area contributed by atoms with Gasteiger partial charge in [-0.1, -0.05) is 30.4 Å². The van der Waals surface area contributed by atoms with Crippen LogP contribution in [0.5, 0.6) is 0 Å². The van der Waals surface area contributed by atoms with Crippen molar-refractivity contribution in [1.82, 2.24) is 9.97 Å². The Balaban J connectivity index is 1.53. The lowest BCUT2D eigenvalue weighted by Gasteiger charge is -2.20. The number of hydrogen-bond donors (Lipinski definition) is 0. The molecule has 0 saturated carbocycles. The molecule has 4 aromatic rings. The minimum Gasteiger partial charge on any atom is -0.284 e. The largest absolute Gasteiger partial charge is 0.284 e. The third-order valence-corrected chi connectivity index (χ3v) is 8.28. The van der Waals surface area contributed by atoms with Crippen LogP contribution in [0, 0.1) is 5.82 Å². The molecule has 0 fully saturated rings. The van der Waals surface area contributed by atoms with E-state index < -0.39 is 15.7 Å². The van der Waals surface area contributed by atoms with Crippen molar-refractivity contribution in [3.8, 4) is 0 Å². The first-order chi connectivity index (χ1) is 16.4. The van der Waals surface area contributed by atoms with E-state index in [1.165, 1.54) is 29.0 Å². The minimum atomic E-state index is -3.61. The van der Waals surface area contributed by atoms with Crippen LogP contribution in [0.25, 0.3) is 10.2 Å². The Labute approximate surface area is 202 Å². The van der Waals surface area contributed by atoms with Crippen molar-refractivity contribution in [2.45, 2.75) is 37.6 Å². The molecule has 4 rings (SSSR count). The number of anilines is 1. The summed E-state index contributed by atoms with van der Waals surface area (Å²) in [6.07, 6.45) is 4.45. The van der Waals surface area contributed by atoms with Crippen LogP contribution < -0.4 is 4.90 Å². The van der Waals surface area contributed by atoms with Gasteiger partial charge in [0.2, 0.25) is 5.91 Å². The van der Waals surface area contributed by atoms with Crippen molar-refractivity contribution < 1.29 is 17.6 Å². The molecular weight excluding hydrogens is 473 g/mol. The maximum absolute atomic E-state index is 13.2. The highest BCUT2D eigenvalue weighted by Crippen LogP contribution is 2.31. The van der Waals surface area contributed by atoms with Crippen molar-refractivity contribution in [1.29, 1.82) is 0 Å². The van der Waals surface area contributed by atoms with E-state index in [0.717, 1.165) is 34.3 Å². The van der Waals surface area contributed by atoms with E-state index in [1.807, 2.05) is 18.2 Å². The summed E-state index contributed by atoms with van der Waals surface area (Å²) in [6, 6.07) is 14.5. The molecule has 9 heteroatoms. The number of carbonyl (C=O) groups excluding carboxylic acids is 1. The number of thiazole rings is 1. The molecule has 1 amide bonds. The van der Waals surface area contributed by atoms with Crippen LogP contribution in [0.15, 0.2) is 71.9 Å². The lowest BCUT2D eigenvalue weighted by molar-refractivity contribution is -0.118. The Morgan fingerprint density at radius 3 is 2.59 bits per heavy atom. The number of aromatic nitrogens is 2. The molecule has 2 aromatic carbocycles. The molecular formula is C25H24FN3O3S2. The second-order valence-corrected chi connectivity index (χ2v) is 11.0. The maximum atomic E-state index is 13.2. The van der Waals surface area contributed by atoms with Crippen LogP contribution in [-0.2, 0) is 27.6 Å². The molecule has 0 aliphatic rings. The van der Waals surface area contributed by atoms with Gasteiger partial charge in [0.25, 0.3) is 0 Å². The number of amides is 1. The summed E-state index contributed by atoms with van der Waals surface area (Å²) in [5, 5.41) is 0.568. The Kier molecular flexibility index (Phi) is 7.33. The number of rotatable bonds is 9. The van der Waals surface area contributed by atoms with Gasteiger partial charge in [0.05, 0.1) is 27.4 Å². The van der Waals surface area contributed by atoms with Crippen molar-refractivity contribution >= 4 is 42.4 Å².